The second-order valence-corrected chi connectivity index (χ2v) is 4.33. The second-order valence-electron chi connectivity index (χ2n) is 4.33. The van der Waals surface area contributed by atoms with Crippen molar-refractivity contribution in [1.82, 2.24) is 0 Å². The van der Waals surface area contributed by atoms with Gasteiger partial charge >= 0.3 is 5.97 Å². The Morgan fingerprint density at radius 3 is 2.41 bits per heavy atom. The average molecular weight is 255 g/mol. The minimum absolute atomic E-state index is 0. The fourth-order valence-electron chi connectivity index (χ4n) is 1.44. The number of hydrogen-bond donors (Lipinski definition) is 1. The lowest BCUT2D eigenvalue weighted by molar-refractivity contribution is -0.146. The number of esters is 1. The molecule has 2 N–H and O–H groups in total. The van der Waals surface area contributed by atoms with E-state index < -0.39 is 6.04 Å². The molecule has 3 nitrogen and oxygen atoms in total. The first-order chi connectivity index (χ1) is 7.59. The molecule has 0 aliphatic heterocycles. The van der Waals surface area contributed by atoms with Crippen LogP contribution in [0.2, 0.25) is 0 Å². The van der Waals surface area contributed by atoms with Crippen LogP contribution < -0.4 is 5.73 Å². The summed E-state index contributed by atoms with van der Waals surface area (Å²) in [7, 11) is 0. The molecule has 0 spiro atoms. The smallest absolute Gasteiger partial charge is 0.323 e. The van der Waals surface area contributed by atoms with Gasteiger partial charge in [0.25, 0.3) is 0 Å². The molecule has 96 valence electrons. The molecule has 0 aromatic heterocycles. The van der Waals surface area contributed by atoms with Crippen molar-refractivity contribution in [2.45, 2.75) is 32.9 Å². The highest BCUT2D eigenvalue weighted by atomic mass is 32.1. The highest BCUT2D eigenvalue weighted by Gasteiger charge is 2.16. The topological polar surface area (TPSA) is 52.3 Å². The van der Waals surface area contributed by atoms with Crippen LogP contribution in [-0.4, -0.2) is 12.0 Å². The molecule has 0 heterocycles. The zero-order valence-corrected chi connectivity index (χ0v) is 11.3. The summed E-state index contributed by atoms with van der Waals surface area (Å²) < 4.78 is 5.13. The van der Waals surface area contributed by atoms with E-state index >= 15 is 0 Å². The first-order valence-corrected chi connectivity index (χ1v) is 5.55. The molecule has 0 saturated carbocycles. The van der Waals surface area contributed by atoms with Gasteiger partial charge in [0.2, 0.25) is 0 Å². The Morgan fingerprint density at radius 2 is 1.88 bits per heavy atom. The lowest BCUT2D eigenvalue weighted by Crippen LogP contribution is -2.33. The number of carbonyl (C=O) groups is 1. The molecule has 1 rings (SSSR count). The van der Waals surface area contributed by atoms with E-state index in [2.05, 4.69) is 0 Å². The number of nitrogens with two attached hydrogens (primary N) is 1. The van der Waals surface area contributed by atoms with Crippen LogP contribution in [0.15, 0.2) is 30.3 Å². The zero-order chi connectivity index (χ0) is 12.0. The Morgan fingerprint density at radius 1 is 1.29 bits per heavy atom. The lowest BCUT2D eigenvalue weighted by Gasteiger charge is -2.13. The number of carbonyl (C=O) groups excluding carboxylic acids is 1. The van der Waals surface area contributed by atoms with Crippen LogP contribution in [0.25, 0.3) is 0 Å². The largest absolute Gasteiger partial charge is 0.460 e. The SMILES string of the molecule is CC(C)C[C@H](N)C(=O)OCc1ccccc1.S. The molecule has 0 fully saturated rings. The molecule has 1 atom stereocenters. The molecule has 0 bridgehead atoms. The van der Waals surface area contributed by atoms with Gasteiger partial charge in [0, 0.05) is 0 Å². The maximum atomic E-state index is 11.5. The Labute approximate surface area is 110 Å². The monoisotopic (exact) mass is 255 g/mol. The first-order valence-electron chi connectivity index (χ1n) is 5.55. The maximum Gasteiger partial charge on any atom is 0.323 e. The molecule has 1 aromatic carbocycles. The van der Waals surface area contributed by atoms with Crippen molar-refractivity contribution in [2.75, 3.05) is 0 Å². The zero-order valence-electron chi connectivity index (χ0n) is 10.3. The molecule has 4 heteroatoms. The minimum atomic E-state index is -0.510. The number of ether oxygens (including phenoxy) is 1. The van der Waals surface area contributed by atoms with Gasteiger partial charge in [0.15, 0.2) is 0 Å². The van der Waals surface area contributed by atoms with Gasteiger partial charge < -0.3 is 10.5 Å². The highest BCUT2D eigenvalue weighted by molar-refractivity contribution is 7.59. The van der Waals surface area contributed by atoms with E-state index in [0.717, 1.165) is 5.56 Å². The summed E-state index contributed by atoms with van der Waals surface area (Å²) in [5.41, 5.74) is 6.69. The molecule has 0 radical (unpaired) electrons. The van der Waals surface area contributed by atoms with Crippen molar-refractivity contribution in [3.05, 3.63) is 35.9 Å². The molecule has 0 amide bonds. The number of benzene rings is 1. The third-order valence-corrected chi connectivity index (χ3v) is 2.25. The van der Waals surface area contributed by atoms with Crippen LogP contribution in [0.3, 0.4) is 0 Å². The van der Waals surface area contributed by atoms with Crippen molar-refractivity contribution >= 4 is 19.5 Å². The average Bonchev–Trinajstić information content (AvgIpc) is 2.26. The van der Waals surface area contributed by atoms with Crippen molar-refractivity contribution in [3.63, 3.8) is 0 Å². The Balaban J connectivity index is 0.00000256. The van der Waals surface area contributed by atoms with E-state index in [0.29, 0.717) is 18.9 Å². The molecular weight excluding hydrogens is 234 g/mol. The Kier molecular flexibility index (Phi) is 7.66. The van der Waals surface area contributed by atoms with Crippen molar-refractivity contribution in [1.29, 1.82) is 0 Å². The van der Waals surface area contributed by atoms with Crippen molar-refractivity contribution in [3.8, 4) is 0 Å². The van der Waals surface area contributed by atoms with Crippen LogP contribution in [0.4, 0.5) is 0 Å². The van der Waals surface area contributed by atoms with E-state index in [-0.39, 0.29) is 19.5 Å². The first kappa shape index (κ1) is 16.0. The van der Waals surface area contributed by atoms with Crippen molar-refractivity contribution in [2.24, 2.45) is 11.7 Å². The fraction of sp³-hybridized carbons (Fsp3) is 0.462. The molecule has 0 aliphatic carbocycles. The summed E-state index contributed by atoms with van der Waals surface area (Å²) in [6.45, 7) is 4.36. The van der Waals surface area contributed by atoms with Gasteiger partial charge in [0.1, 0.15) is 12.6 Å². The number of rotatable bonds is 5. The van der Waals surface area contributed by atoms with Gasteiger partial charge in [-0.1, -0.05) is 44.2 Å². The quantitative estimate of drug-likeness (QED) is 0.821. The van der Waals surface area contributed by atoms with Gasteiger partial charge in [0.05, 0.1) is 0 Å². The maximum absolute atomic E-state index is 11.5. The molecule has 17 heavy (non-hydrogen) atoms. The molecule has 0 aliphatic rings. The predicted molar refractivity (Wildman–Crippen MR) is 74.0 cm³/mol. The summed E-state index contributed by atoms with van der Waals surface area (Å²) in [5.74, 6) is 0.0804. The Bertz CT molecular complexity index is 327. The van der Waals surface area contributed by atoms with E-state index in [1.807, 2.05) is 44.2 Å². The van der Waals surface area contributed by atoms with Crippen LogP contribution in [-0.2, 0) is 16.1 Å². The third kappa shape index (κ3) is 6.34. The minimum Gasteiger partial charge on any atom is -0.460 e. The summed E-state index contributed by atoms with van der Waals surface area (Å²) in [6.07, 6.45) is 0.660. The van der Waals surface area contributed by atoms with E-state index in [1.54, 1.807) is 0 Å². The van der Waals surface area contributed by atoms with Gasteiger partial charge in [-0.25, -0.2) is 0 Å². The Hall–Kier alpha value is -1.00. The molecular formula is C13H21NO2S. The number of hydrogen-bond acceptors (Lipinski definition) is 3. The lowest BCUT2D eigenvalue weighted by atomic mass is 10.1. The van der Waals surface area contributed by atoms with Crippen LogP contribution in [0.5, 0.6) is 0 Å². The van der Waals surface area contributed by atoms with E-state index in [1.165, 1.54) is 0 Å². The predicted octanol–water partition coefficient (Wildman–Crippen LogP) is 2.22. The molecule has 1 aromatic rings. The second kappa shape index (κ2) is 8.14. The fourth-order valence-corrected chi connectivity index (χ4v) is 1.44. The van der Waals surface area contributed by atoms with Gasteiger partial charge in [-0.2, -0.15) is 13.5 Å². The van der Waals surface area contributed by atoms with E-state index in [4.69, 9.17) is 10.5 Å². The summed E-state index contributed by atoms with van der Waals surface area (Å²) in [4.78, 5) is 11.5. The van der Waals surface area contributed by atoms with Gasteiger partial charge in [-0.05, 0) is 17.9 Å². The highest BCUT2D eigenvalue weighted by Crippen LogP contribution is 2.06. The summed E-state index contributed by atoms with van der Waals surface area (Å²) in [6, 6.07) is 9.08. The van der Waals surface area contributed by atoms with Gasteiger partial charge in [-0.15, -0.1) is 0 Å². The van der Waals surface area contributed by atoms with E-state index in [9.17, 15) is 4.79 Å². The normalized spacial score (nSPS) is 11.8. The van der Waals surface area contributed by atoms with Gasteiger partial charge in [-0.3, -0.25) is 4.79 Å². The van der Waals surface area contributed by atoms with Crippen LogP contribution in [0.1, 0.15) is 25.8 Å². The van der Waals surface area contributed by atoms with Crippen molar-refractivity contribution < 1.29 is 9.53 Å². The standard InChI is InChI=1S/C13H19NO2.H2S/c1-10(2)8-12(14)13(15)16-9-11-6-4-3-5-7-11;/h3-7,10,12H,8-9,14H2,1-2H3;1H2/t12-;/m0./s1. The molecule has 0 saturated heterocycles. The summed E-state index contributed by atoms with van der Waals surface area (Å²) >= 11 is 0. The summed E-state index contributed by atoms with van der Waals surface area (Å²) in [5, 5.41) is 0. The molecule has 0 unspecified atom stereocenters. The van der Waals surface area contributed by atoms with Crippen LogP contribution >= 0.6 is 13.5 Å². The third-order valence-electron chi connectivity index (χ3n) is 2.25. The van der Waals surface area contributed by atoms with Crippen LogP contribution in [0, 0.1) is 5.92 Å².